The molecule has 1 aromatic carbocycles. The van der Waals surface area contributed by atoms with E-state index < -0.39 is 5.97 Å². The van der Waals surface area contributed by atoms with Crippen LogP contribution < -0.4 is 4.90 Å². The number of aromatic nitrogens is 2. The quantitative estimate of drug-likeness (QED) is 0.826. The molecule has 1 saturated heterocycles. The van der Waals surface area contributed by atoms with Crippen LogP contribution in [0.1, 0.15) is 47.8 Å². The predicted octanol–water partition coefficient (Wildman–Crippen LogP) is 2.58. The summed E-state index contributed by atoms with van der Waals surface area (Å²) in [7, 11) is 0. The van der Waals surface area contributed by atoms with Gasteiger partial charge in [-0.1, -0.05) is 32.0 Å². The van der Waals surface area contributed by atoms with E-state index in [2.05, 4.69) is 28.7 Å². The van der Waals surface area contributed by atoms with Gasteiger partial charge in [-0.3, -0.25) is 4.79 Å². The van der Waals surface area contributed by atoms with E-state index in [9.17, 15) is 14.7 Å². The molecule has 2 aromatic rings. The first-order chi connectivity index (χ1) is 13.5. The van der Waals surface area contributed by atoms with Crippen LogP contribution in [0, 0.1) is 0 Å². The summed E-state index contributed by atoms with van der Waals surface area (Å²) < 4.78 is 0. The van der Waals surface area contributed by atoms with Crippen LogP contribution >= 0.6 is 0 Å². The second-order valence-electron chi connectivity index (χ2n) is 7.27. The highest BCUT2D eigenvalue weighted by atomic mass is 16.4. The summed E-state index contributed by atoms with van der Waals surface area (Å²) in [6, 6.07) is 8.78. The molecule has 0 radical (unpaired) electrons. The van der Waals surface area contributed by atoms with Gasteiger partial charge in [-0.15, -0.1) is 0 Å². The molecule has 1 aliphatic rings. The first kappa shape index (κ1) is 19.8. The summed E-state index contributed by atoms with van der Waals surface area (Å²) in [6.07, 6.45) is 2.53. The molecule has 3 rings (SSSR count). The Labute approximate surface area is 165 Å². The van der Waals surface area contributed by atoms with Gasteiger partial charge in [-0.25, -0.2) is 14.8 Å². The Morgan fingerprint density at radius 3 is 2.50 bits per heavy atom. The lowest BCUT2D eigenvalue weighted by Crippen LogP contribution is -2.49. The number of rotatable bonds is 6. The van der Waals surface area contributed by atoms with Crippen molar-refractivity contribution in [2.45, 2.75) is 32.6 Å². The smallest absolute Gasteiger partial charge is 0.335 e. The van der Waals surface area contributed by atoms with Crippen LogP contribution in [-0.2, 0) is 11.2 Å². The number of amides is 1. The molecule has 0 unspecified atom stereocenters. The van der Waals surface area contributed by atoms with E-state index in [1.807, 2.05) is 11.0 Å². The number of anilines is 1. The monoisotopic (exact) mass is 382 g/mol. The Morgan fingerprint density at radius 2 is 1.82 bits per heavy atom. The number of carboxylic acid groups (broad SMARTS) is 1. The van der Waals surface area contributed by atoms with Crippen LogP contribution in [0.4, 0.5) is 5.95 Å². The zero-order valence-electron chi connectivity index (χ0n) is 16.3. The average molecular weight is 382 g/mol. The topological polar surface area (TPSA) is 86.6 Å². The molecule has 2 heterocycles. The van der Waals surface area contributed by atoms with Crippen molar-refractivity contribution < 1.29 is 14.7 Å². The minimum Gasteiger partial charge on any atom is -0.478 e. The molecular weight excluding hydrogens is 356 g/mol. The minimum absolute atomic E-state index is 0.0525. The molecule has 1 fully saturated rings. The van der Waals surface area contributed by atoms with E-state index in [1.54, 1.807) is 30.5 Å². The minimum atomic E-state index is -0.958. The molecule has 1 amide bonds. The first-order valence-electron chi connectivity index (χ1n) is 9.62. The second-order valence-corrected chi connectivity index (χ2v) is 7.27. The maximum absolute atomic E-state index is 12.6. The number of aromatic carboxylic acids is 1. The molecule has 28 heavy (non-hydrogen) atoms. The van der Waals surface area contributed by atoms with Crippen LogP contribution in [0.2, 0.25) is 0 Å². The highest BCUT2D eigenvalue weighted by molar-refractivity contribution is 5.89. The van der Waals surface area contributed by atoms with E-state index in [1.165, 1.54) is 0 Å². The van der Waals surface area contributed by atoms with Gasteiger partial charge in [0.2, 0.25) is 11.9 Å². The zero-order chi connectivity index (χ0) is 20.1. The van der Waals surface area contributed by atoms with Crippen LogP contribution in [-0.4, -0.2) is 58.0 Å². The summed E-state index contributed by atoms with van der Waals surface area (Å²) in [5, 5.41) is 9.26. The number of carbonyl (C=O) groups is 2. The number of aryl methyl sites for hydroxylation is 1. The first-order valence-corrected chi connectivity index (χ1v) is 9.62. The van der Waals surface area contributed by atoms with Gasteiger partial charge in [-0.2, -0.15) is 0 Å². The third-order valence-corrected chi connectivity index (χ3v) is 5.03. The van der Waals surface area contributed by atoms with E-state index in [4.69, 9.17) is 0 Å². The van der Waals surface area contributed by atoms with Gasteiger partial charge in [0, 0.05) is 44.5 Å². The van der Waals surface area contributed by atoms with E-state index >= 15 is 0 Å². The largest absolute Gasteiger partial charge is 0.478 e. The van der Waals surface area contributed by atoms with Gasteiger partial charge in [0.1, 0.15) is 0 Å². The van der Waals surface area contributed by atoms with E-state index in [0.717, 1.165) is 5.69 Å². The Bertz CT molecular complexity index is 845. The molecule has 1 aromatic heterocycles. The van der Waals surface area contributed by atoms with Crippen molar-refractivity contribution >= 4 is 17.8 Å². The van der Waals surface area contributed by atoms with Crippen molar-refractivity contribution in [2.24, 2.45) is 0 Å². The Balaban J connectivity index is 1.54. The van der Waals surface area contributed by atoms with E-state index in [-0.39, 0.29) is 11.5 Å². The second kappa shape index (κ2) is 8.82. The number of nitrogens with zero attached hydrogens (tertiary/aromatic N) is 4. The summed E-state index contributed by atoms with van der Waals surface area (Å²) in [5.41, 5.74) is 1.98. The predicted molar refractivity (Wildman–Crippen MR) is 107 cm³/mol. The van der Waals surface area contributed by atoms with Gasteiger partial charge < -0.3 is 14.9 Å². The van der Waals surface area contributed by atoms with Gasteiger partial charge in [-0.05, 0) is 30.0 Å². The third-order valence-electron chi connectivity index (χ3n) is 5.03. The lowest BCUT2D eigenvalue weighted by atomic mass is 10.0. The summed E-state index contributed by atoms with van der Waals surface area (Å²) >= 11 is 0. The van der Waals surface area contributed by atoms with Crippen molar-refractivity contribution in [3.63, 3.8) is 0 Å². The third kappa shape index (κ3) is 4.65. The number of carbonyl (C=O) groups excluding carboxylic acids is 1. The molecule has 0 spiro atoms. The van der Waals surface area contributed by atoms with Gasteiger partial charge >= 0.3 is 5.97 Å². The zero-order valence-corrected chi connectivity index (χ0v) is 16.3. The molecule has 7 heteroatoms. The highest BCUT2D eigenvalue weighted by Gasteiger charge is 2.23. The number of hydrogen-bond donors (Lipinski definition) is 1. The lowest BCUT2D eigenvalue weighted by Gasteiger charge is -2.35. The van der Waals surface area contributed by atoms with Crippen molar-refractivity contribution in [3.8, 4) is 0 Å². The standard InChI is InChI=1S/C21H26N4O3/c1-15(2)18-9-10-22-21(23-18)25-13-11-24(12-14-25)19(26)8-7-16-5-3-4-6-17(16)20(27)28/h3-6,9-10,15H,7-8,11-14H2,1-2H3,(H,27,28). The van der Waals surface area contributed by atoms with Crippen LogP contribution in [0.5, 0.6) is 0 Å². The number of hydrogen-bond acceptors (Lipinski definition) is 5. The fourth-order valence-electron chi connectivity index (χ4n) is 3.34. The average Bonchev–Trinajstić information content (AvgIpc) is 2.72. The molecular formula is C21H26N4O3. The van der Waals surface area contributed by atoms with Crippen molar-refractivity contribution in [1.82, 2.24) is 14.9 Å². The SMILES string of the molecule is CC(C)c1ccnc(N2CCN(C(=O)CCc3ccccc3C(=O)O)CC2)n1. The van der Waals surface area contributed by atoms with E-state index in [0.29, 0.717) is 56.5 Å². The molecule has 0 bridgehead atoms. The highest BCUT2D eigenvalue weighted by Crippen LogP contribution is 2.17. The van der Waals surface area contributed by atoms with Gasteiger partial charge in [0.25, 0.3) is 0 Å². The molecule has 0 aliphatic carbocycles. The number of carboxylic acids is 1. The fourth-order valence-corrected chi connectivity index (χ4v) is 3.34. The molecule has 0 saturated carbocycles. The molecule has 148 valence electrons. The summed E-state index contributed by atoms with van der Waals surface area (Å²) in [5.74, 6) is 0.156. The maximum atomic E-state index is 12.6. The Kier molecular flexibility index (Phi) is 6.23. The fraction of sp³-hybridized carbons (Fsp3) is 0.429. The van der Waals surface area contributed by atoms with Crippen molar-refractivity contribution in [3.05, 3.63) is 53.3 Å². The Hall–Kier alpha value is -2.96. The molecule has 1 N–H and O–H groups in total. The van der Waals surface area contributed by atoms with Crippen LogP contribution in [0.3, 0.4) is 0 Å². The van der Waals surface area contributed by atoms with Crippen molar-refractivity contribution in [1.29, 1.82) is 0 Å². The van der Waals surface area contributed by atoms with Crippen LogP contribution in [0.25, 0.3) is 0 Å². The lowest BCUT2D eigenvalue weighted by molar-refractivity contribution is -0.131. The van der Waals surface area contributed by atoms with Gasteiger partial charge in [0.05, 0.1) is 5.56 Å². The van der Waals surface area contributed by atoms with Crippen LogP contribution in [0.15, 0.2) is 36.5 Å². The summed E-state index contributed by atoms with van der Waals surface area (Å²) in [4.78, 5) is 36.8. The Morgan fingerprint density at radius 1 is 1.11 bits per heavy atom. The molecule has 0 atom stereocenters. The maximum Gasteiger partial charge on any atom is 0.335 e. The normalized spacial score (nSPS) is 14.4. The molecule has 7 nitrogen and oxygen atoms in total. The number of benzene rings is 1. The summed E-state index contributed by atoms with van der Waals surface area (Å²) in [6.45, 7) is 6.83. The van der Waals surface area contributed by atoms with Crippen molar-refractivity contribution in [2.75, 3.05) is 31.1 Å². The number of piperazine rings is 1. The molecule has 1 aliphatic heterocycles. The van der Waals surface area contributed by atoms with Gasteiger partial charge in [0.15, 0.2) is 0 Å².